The molecule has 0 aliphatic carbocycles. The number of unbranched alkanes of at least 4 members (excludes halogenated alkanes) is 2. The van der Waals surface area contributed by atoms with Gasteiger partial charge in [0.1, 0.15) is 0 Å². The lowest BCUT2D eigenvalue weighted by molar-refractivity contribution is -0.116. The van der Waals surface area contributed by atoms with Crippen molar-refractivity contribution in [1.82, 2.24) is 0 Å². The van der Waals surface area contributed by atoms with Crippen molar-refractivity contribution >= 4 is 40.5 Å². The van der Waals surface area contributed by atoms with Crippen LogP contribution in [-0.4, -0.2) is 11.8 Å². The van der Waals surface area contributed by atoms with Crippen molar-refractivity contribution in [3.8, 4) is 0 Å². The maximum absolute atomic E-state index is 11.9. The molecule has 0 aliphatic heterocycles. The largest absolute Gasteiger partial charge is 0.397 e. The predicted octanol–water partition coefficient (Wildman–Crippen LogP) is 4.45. The van der Waals surface area contributed by atoms with Crippen molar-refractivity contribution in [2.24, 2.45) is 0 Å². The van der Waals surface area contributed by atoms with Gasteiger partial charge >= 0.3 is 0 Å². The second-order valence-corrected chi connectivity index (χ2v) is 6.19. The average molecular weight is 360 g/mol. The highest BCUT2D eigenvalue weighted by atomic mass is 35.5. The summed E-state index contributed by atoms with van der Waals surface area (Å²) in [6.45, 7) is 0. The van der Waals surface area contributed by atoms with Crippen LogP contribution in [0.3, 0.4) is 0 Å². The van der Waals surface area contributed by atoms with Crippen LogP contribution >= 0.6 is 11.6 Å². The first-order chi connectivity index (χ1) is 12.0. The summed E-state index contributed by atoms with van der Waals surface area (Å²) in [5.41, 5.74) is 7.66. The van der Waals surface area contributed by atoms with Crippen LogP contribution in [0.15, 0.2) is 48.5 Å². The summed E-state index contributed by atoms with van der Waals surface area (Å²) in [5, 5.41) is 6.18. The molecule has 0 saturated carbocycles. The van der Waals surface area contributed by atoms with E-state index < -0.39 is 0 Å². The Morgan fingerprint density at radius 1 is 0.880 bits per heavy atom. The minimum absolute atomic E-state index is 0.0521. The normalized spacial score (nSPS) is 10.3. The van der Waals surface area contributed by atoms with Gasteiger partial charge < -0.3 is 16.4 Å². The van der Waals surface area contributed by atoms with E-state index in [4.69, 9.17) is 17.3 Å². The first kappa shape index (κ1) is 18.8. The Bertz CT molecular complexity index is 734. The smallest absolute Gasteiger partial charge is 0.224 e. The number of halogens is 1. The molecule has 0 aliphatic rings. The highest BCUT2D eigenvalue weighted by Gasteiger charge is 2.06. The van der Waals surface area contributed by atoms with Crippen molar-refractivity contribution in [2.45, 2.75) is 32.1 Å². The molecule has 0 fully saturated rings. The third-order valence-corrected chi connectivity index (χ3v) is 3.89. The molecular formula is C19H22ClN3O2. The van der Waals surface area contributed by atoms with Crippen molar-refractivity contribution < 1.29 is 9.59 Å². The van der Waals surface area contributed by atoms with Crippen molar-refractivity contribution in [2.75, 3.05) is 16.4 Å². The Morgan fingerprint density at radius 3 is 2.24 bits per heavy atom. The number of nitrogens with two attached hydrogens (primary N) is 1. The van der Waals surface area contributed by atoms with E-state index in [1.54, 1.807) is 36.4 Å². The van der Waals surface area contributed by atoms with Gasteiger partial charge in [0, 0.05) is 23.6 Å². The molecule has 0 radical (unpaired) electrons. The van der Waals surface area contributed by atoms with E-state index in [1.165, 1.54) is 0 Å². The van der Waals surface area contributed by atoms with Gasteiger partial charge in [-0.2, -0.15) is 0 Å². The molecular weight excluding hydrogens is 338 g/mol. The molecule has 2 rings (SSSR count). The van der Waals surface area contributed by atoms with Gasteiger partial charge in [-0.25, -0.2) is 0 Å². The molecule has 2 aromatic carbocycles. The number of benzene rings is 2. The Labute approximate surface area is 152 Å². The number of hydrogen-bond acceptors (Lipinski definition) is 3. The van der Waals surface area contributed by atoms with Crippen LogP contribution in [0.1, 0.15) is 32.1 Å². The minimum atomic E-state index is -0.0683. The van der Waals surface area contributed by atoms with Crippen molar-refractivity contribution in [3.63, 3.8) is 0 Å². The van der Waals surface area contributed by atoms with Crippen LogP contribution in [0.5, 0.6) is 0 Å². The van der Waals surface area contributed by atoms with Crippen LogP contribution < -0.4 is 16.4 Å². The molecule has 4 N–H and O–H groups in total. The summed E-state index contributed by atoms with van der Waals surface area (Å²) in [5.74, 6) is -0.120. The second-order valence-electron chi connectivity index (χ2n) is 5.75. The number of carbonyl (C=O) groups excluding carboxylic acids is 2. The first-order valence-corrected chi connectivity index (χ1v) is 8.62. The van der Waals surface area contributed by atoms with Gasteiger partial charge in [0.05, 0.1) is 11.4 Å². The second kappa shape index (κ2) is 9.69. The van der Waals surface area contributed by atoms with Crippen LogP contribution in [0.2, 0.25) is 5.02 Å². The molecule has 0 atom stereocenters. The van der Waals surface area contributed by atoms with Gasteiger partial charge in [-0.3, -0.25) is 9.59 Å². The van der Waals surface area contributed by atoms with Gasteiger partial charge in [0.25, 0.3) is 0 Å². The molecule has 5 nitrogen and oxygen atoms in total. The van der Waals surface area contributed by atoms with Crippen molar-refractivity contribution in [3.05, 3.63) is 53.6 Å². The van der Waals surface area contributed by atoms with Gasteiger partial charge in [0.15, 0.2) is 0 Å². The van der Waals surface area contributed by atoms with Crippen molar-refractivity contribution in [1.29, 1.82) is 0 Å². The first-order valence-electron chi connectivity index (χ1n) is 8.24. The fourth-order valence-electron chi connectivity index (χ4n) is 2.36. The third-order valence-electron chi connectivity index (χ3n) is 3.65. The lowest BCUT2D eigenvalue weighted by atomic mass is 10.1. The fourth-order valence-corrected chi connectivity index (χ4v) is 2.55. The molecule has 0 unspecified atom stereocenters. The zero-order chi connectivity index (χ0) is 18.1. The molecule has 132 valence electrons. The summed E-state index contributed by atoms with van der Waals surface area (Å²) in [4.78, 5) is 23.7. The molecule has 0 heterocycles. The standard InChI is InChI=1S/C19H22ClN3O2/c20-14-7-6-8-15(13-14)22-18(24)11-2-1-3-12-19(25)23-17-10-5-4-9-16(17)21/h4-10,13H,1-3,11-12,21H2,(H,22,24)(H,23,25). The summed E-state index contributed by atoms with van der Waals surface area (Å²) in [6.07, 6.45) is 3.08. The third kappa shape index (κ3) is 6.85. The lowest BCUT2D eigenvalue weighted by Crippen LogP contribution is -2.13. The number of para-hydroxylation sites is 2. The van der Waals surface area contributed by atoms with E-state index in [-0.39, 0.29) is 11.8 Å². The average Bonchev–Trinajstić information content (AvgIpc) is 2.56. The van der Waals surface area contributed by atoms with E-state index in [9.17, 15) is 9.59 Å². The van der Waals surface area contributed by atoms with E-state index >= 15 is 0 Å². The molecule has 0 aromatic heterocycles. The Hall–Kier alpha value is -2.53. The Morgan fingerprint density at radius 2 is 1.56 bits per heavy atom. The van der Waals surface area contributed by atoms with Crippen LogP contribution in [0, 0.1) is 0 Å². The molecule has 2 amide bonds. The lowest BCUT2D eigenvalue weighted by Gasteiger charge is -2.08. The summed E-state index contributed by atoms with van der Waals surface area (Å²) >= 11 is 5.87. The van der Waals surface area contributed by atoms with Gasteiger partial charge in [-0.15, -0.1) is 0 Å². The highest BCUT2D eigenvalue weighted by Crippen LogP contribution is 2.18. The van der Waals surface area contributed by atoms with Crippen LogP contribution in [-0.2, 0) is 9.59 Å². The van der Waals surface area contributed by atoms with E-state index in [1.807, 2.05) is 12.1 Å². The number of rotatable bonds is 8. The number of carbonyl (C=O) groups is 2. The Balaban J connectivity index is 1.60. The summed E-state index contributed by atoms with van der Waals surface area (Å²) in [7, 11) is 0. The zero-order valence-corrected chi connectivity index (χ0v) is 14.7. The number of amides is 2. The molecule has 0 bridgehead atoms. The van der Waals surface area contributed by atoms with Gasteiger partial charge in [0.2, 0.25) is 11.8 Å². The molecule has 6 heteroatoms. The topological polar surface area (TPSA) is 84.2 Å². The summed E-state index contributed by atoms with van der Waals surface area (Å²) < 4.78 is 0. The quantitative estimate of drug-likeness (QED) is 0.481. The minimum Gasteiger partial charge on any atom is -0.397 e. The monoisotopic (exact) mass is 359 g/mol. The SMILES string of the molecule is Nc1ccccc1NC(=O)CCCCCC(=O)Nc1cccc(Cl)c1. The van der Waals surface area contributed by atoms with Crippen LogP contribution in [0.4, 0.5) is 17.1 Å². The number of hydrogen-bond donors (Lipinski definition) is 3. The molecule has 25 heavy (non-hydrogen) atoms. The van der Waals surface area contributed by atoms with Gasteiger partial charge in [-0.1, -0.05) is 36.2 Å². The Kier molecular flexibility index (Phi) is 7.29. The molecule has 2 aromatic rings. The number of nitrogens with one attached hydrogen (secondary N) is 2. The number of anilines is 3. The summed E-state index contributed by atoms with van der Waals surface area (Å²) in [6, 6.07) is 14.2. The van der Waals surface area contributed by atoms with Crippen LogP contribution in [0.25, 0.3) is 0 Å². The number of nitrogen functional groups attached to an aromatic ring is 1. The molecule has 0 saturated heterocycles. The van der Waals surface area contributed by atoms with E-state index in [2.05, 4.69) is 10.6 Å². The fraction of sp³-hybridized carbons (Fsp3) is 0.263. The highest BCUT2D eigenvalue weighted by molar-refractivity contribution is 6.30. The van der Waals surface area contributed by atoms with E-state index in [0.717, 1.165) is 19.3 Å². The maximum atomic E-state index is 11.9. The van der Waals surface area contributed by atoms with E-state index in [0.29, 0.717) is 34.9 Å². The molecule has 0 spiro atoms. The van der Waals surface area contributed by atoms with Gasteiger partial charge in [-0.05, 0) is 43.2 Å². The maximum Gasteiger partial charge on any atom is 0.224 e. The zero-order valence-electron chi connectivity index (χ0n) is 13.9. The predicted molar refractivity (Wildman–Crippen MR) is 103 cm³/mol.